The lowest BCUT2D eigenvalue weighted by molar-refractivity contribution is -0.147. The van der Waals surface area contributed by atoms with E-state index in [0.29, 0.717) is 11.6 Å². The normalized spacial score (nSPS) is 11.7. The molecule has 0 saturated heterocycles. The predicted molar refractivity (Wildman–Crippen MR) is 127 cm³/mol. The van der Waals surface area contributed by atoms with Crippen LogP contribution >= 0.6 is 0 Å². The van der Waals surface area contributed by atoms with Gasteiger partial charge >= 0.3 is 5.97 Å². The summed E-state index contributed by atoms with van der Waals surface area (Å²) in [6.07, 6.45) is 10.7. The molecule has 0 radical (unpaired) electrons. The summed E-state index contributed by atoms with van der Waals surface area (Å²) in [6, 6.07) is 16.1. The van der Waals surface area contributed by atoms with Crippen molar-refractivity contribution in [1.29, 1.82) is 0 Å². The number of aryl methyl sites for hydroxylation is 1. The lowest BCUT2D eigenvalue weighted by Gasteiger charge is -2.12. The fourth-order valence-electron chi connectivity index (χ4n) is 3.52. The molecule has 0 aliphatic heterocycles. The van der Waals surface area contributed by atoms with E-state index in [1.54, 1.807) is 19.1 Å². The number of hydrogen-bond donors (Lipinski definition) is 0. The van der Waals surface area contributed by atoms with Crippen LogP contribution in [0.1, 0.15) is 51.5 Å². The fraction of sp³-hybridized carbons (Fsp3) is 0.370. The third kappa shape index (κ3) is 6.64. The van der Waals surface area contributed by atoms with Gasteiger partial charge in [-0.3, -0.25) is 0 Å². The van der Waals surface area contributed by atoms with Crippen LogP contribution in [0.15, 0.2) is 60.9 Å². The smallest absolute Gasteiger partial charge is 0.346 e. The van der Waals surface area contributed by atoms with Crippen molar-refractivity contribution in [1.82, 2.24) is 9.97 Å². The number of esters is 1. The summed E-state index contributed by atoms with van der Waals surface area (Å²) in [6.45, 7) is 3.90. The molecule has 0 aliphatic carbocycles. The molecule has 0 aliphatic rings. The molecule has 1 unspecified atom stereocenters. The van der Waals surface area contributed by atoms with Crippen molar-refractivity contribution >= 4 is 5.97 Å². The Balaban J connectivity index is 1.58. The van der Waals surface area contributed by atoms with Crippen molar-refractivity contribution in [2.75, 3.05) is 7.11 Å². The summed E-state index contributed by atoms with van der Waals surface area (Å²) in [5.41, 5.74) is 4.38. The highest BCUT2D eigenvalue weighted by Crippen LogP contribution is 2.23. The Morgan fingerprint density at radius 1 is 0.844 bits per heavy atom. The minimum absolute atomic E-state index is 0.409. The molecule has 3 rings (SSSR count). The molecule has 5 nitrogen and oxygen atoms in total. The van der Waals surface area contributed by atoms with Crippen molar-refractivity contribution in [3.63, 3.8) is 0 Å². The van der Waals surface area contributed by atoms with Crippen molar-refractivity contribution in [3.05, 3.63) is 66.5 Å². The lowest BCUT2D eigenvalue weighted by Crippen LogP contribution is -2.24. The zero-order chi connectivity index (χ0) is 22.8. The Morgan fingerprint density at radius 2 is 1.47 bits per heavy atom. The molecule has 32 heavy (non-hydrogen) atoms. The number of nitrogens with zero attached hydrogens (tertiary/aromatic N) is 2. The third-order valence-electron chi connectivity index (χ3n) is 5.47. The zero-order valence-electron chi connectivity index (χ0n) is 19.2. The van der Waals surface area contributed by atoms with Gasteiger partial charge in [0, 0.05) is 23.5 Å². The Kier molecular flexibility index (Phi) is 8.79. The second kappa shape index (κ2) is 12.0. The highest BCUT2D eigenvalue weighted by Gasteiger charge is 2.14. The summed E-state index contributed by atoms with van der Waals surface area (Å²) >= 11 is 0. The van der Waals surface area contributed by atoms with Gasteiger partial charge in [-0.15, -0.1) is 0 Å². The first-order chi connectivity index (χ1) is 15.6. The average molecular weight is 433 g/mol. The zero-order valence-corrected chi connectivity index (χ0v) is 19.2. The van der Waals surface area contributed by atoms with Gasteiger partial charge in [0.1, 0.15) is 5.75 Å². The van der Waals surface area contributed by atoms with Gasteiger partial charge < -0.3 is 9.47 Å². The molecule has 0 spiro atoms. The van der Waals surface area contributed by atoms with Crippen LogP contribution in [0.25, 0.3) is 22.5 Å². The molecule has 0 bridgehead atoms. The predicted octanol–water partition coefficient (Wildman–Crippen LogP) is 6.26. The number of unbranched alkanes of at least 4 members (excludes halogenated alkanes) is 4. The molecule has 1 aromatic heterocycles. The Labute approximate surface area is 190 Å². The van der Waals surface area contributed by atoms with E-state index in [1.807, 2.05) is 24.5 Å². The SMILES string of the molecule is CCCCCCCc1ccc(-c2cnc(-c3ccc(OC(C)C(=O)OC)cc3)nc2)cc1. The third-order valence-corrected chi connectivity index (χ3v) is 5.47. The maximum absolute atomic E-state index is 11.5. The van der Waals surface area contributed by atoms with E-state index < -0.39 is 12.1 Å². The van der Waals surface area contributed by atoms with Gasteiger partial charge in [-0.1, -0.05) is 56.9 Å². The Hall–Kier alpha value is -3.21. The molecular formula is C27H32N2O3. The second-order valence-corrected chi connectivity index (χ2v) is 7.96. The summed E-state index contributed by atoms with van der Waals surface area (Å²) in [7, 11) is 1.34. The van der Waals surface area contributed by atoms with Crippen molar-refractivity contribution in [3.8, 4) is 28.3 Å². The van der Waals surface area contributed by atoms with E-state index >= 15 is 0 Å². The number of benzene rings is 2. The number of carbonyl (C=O) groups is 1. The largest absolute Gasteiger partial charge is 0.479 e. The molecule has 0 saturated carbocycles. The van der Waals surface area contributed by atoms with Crippen LogP contribution in [0.3, 0.4) is 0 Å². The summed E-state index contributed by atoms with van der Waals surface area (Å²) in [4.78, 5) is 20.5. The molecule has 2 aromatic carbocycles. The van der Waals surface area contributed by atoms with E-state index in [4.69, 9.17) is 4.74 Å². The van der Waals surface area contributed by atoms with Gasteiger partial charge in [-0.2, -0.15) is 0 Å². The minimum atomic E-state index is -0.658. The molecule has 0 N–H and O–H groups in total. The van der Waals surface area contributed by atoms with Crippen LogP contribution in [0.5, 0.6) is 5.75 Å². The number of methoxy groups -OCH3 is 1. The lowest BCUT2D eigenvalue weighted by atomic mass is 10.0. The second-order valence-electron chi connectivity index (χ2n) is 7.96. The van der Waals surface area contributed by atoms with Gasteiger partial charge in [0.25, 0.3) is 0 Å². The van der Waals surface area contributed by atoms with Crippen molar-refractivity contribution < 1.29 is 14.3 Å². The fourth-order valence-corrected chi connectivity index (χ4v) is 3.52. The van der Waals surface area contributed by atoms with Crippen LogP contribution in [0.2, 0.25) is 0 Å². The topological polar surface area (TPSA) is 61.3 Å². The van der Waals surface area contributed by atoms with Crippen LogP contribution in [-0.4, -0.2) is 29.2 Å². The van der Waals surface area contributed by atoms with E-state index in [9.17, 15) is 4.79 Å². The number of carbonyl (C=O) groups excluding carboxylic acids is 1. The van der Waals surface area contributed by atoms with E-state index in [1.165, 1.54) is 44.8 Å². The molecule has 0 fully saturated rings. The van der Waals surface area contributed by atoms with Gasteiger partial charge in [0.2, 0.25) is 0 Å². The van der Waals surface area contributed by atoms with E-state index in [2.05, 4.69) is 45.9 Å². The van der Waals surface area contributed by atoms with Crippen LogP contribution < -0.4 is 4.74 Å². The Morgan fingerprint density at radius 3 is 2.09 bits per heavy atom. The molecule has 0 amide bonds. The number of aromatic nitrogens is 2. The van der Waals surface area contributed by atoms with E-state index in [-0.39, 0.29) is 0 Å². The molecular weight excluding hydrogens is 400 g/mol. The molecule has 3 aromatic rings. The molecule has 5 heteroatoms. The van der Waals surface area contributed by atoms with Crippen molar-refractivity contribution in [2.24, 2.45) is 0 Å². The monoisotopic (exact) mass is 432 g/mol. The van der Waals surface area contributed by atoms with Gasteiger partial charge in [0.05, 0.1) is 7.11 Å². The van der Waals surface area contributed by atoms with Crippen LogP contribution in [0, 0.1) is 0 Å². The maximum atomic E-state index is 11.5. The first-order valence-corrected chi connectivity index (χ1v) is 11.4. The number of ether oxygens (including phenoxy) is 2. The molecule has 1 atom stereocenters. The highest BCUT2D eigenvalue weighted by atomic mass is 16.6. The van der Waals surface area contributed by atoms with E-state index in [0.717, 1.165) is 23.1 Å². The standard InChI is InChI=1S/C27H32N2O3/c1-4-5-6-7-8-9-21-10-12-22(13-11-21)24-18-28-26(29-19-24)23-14-16-25(17-15-23)32-20(2)27(30)31-3/h10-20H,4-9H2,1-3H3. The summed E-state index contributed by atoms with van der Waals surface area (Å²) in [5, 5.41) is 0. The van der Waals surface area contributed by atoms with Crippen LogP contribution in [0.4, 0.5) is 0 Å². The Bertz CT molecular complexity index is 967. The highest BCUT2D eigenvalue weighted by molar-refractivity contribution is 5.74. The number of hydrogen-bond acceptors (Lipinski definition) is 5. The number of rotatable bonds is 11. The quantitative estimate of drug-likeness (QED) is 0.264. The van der Waals surface area contributed by atoms with Gasteiger partial charge in [0.15, 0.2) is 11.9 Å². The first-order valence-electron chi connectivity index (χ1n) is 11.4. The molecule has 168 valence electrons. The van der Waals surface area contributed by atoms with Gasteiger partial charge in [-0.25, -0.2) is 14.8 Å². The maximum Gasteiger partial charge on any atom is 0.346 e. The summed E-state index contributed by atoms with van der Waals surface area (Å²) in [5.74, 6) is 0.826. The van der Waals surface area contributed by atoms with Crippen molar-refractivity contribution in [2.45, 2.75) is 58.5 Å². The van der Waals surface area contributed by atoms with Gasteiger partial charge in [-0.05, 0) is 55.2 Å². The minimum Gasteiger partial charge on any atom is -0.479 e. The summed E-state index contributed by atoms with van der Waals surface area (Å²) < 4.78 is 10.2. The average Bonchev–Trinajstić information content (AvgIpc) is 2.84. The molecule has 1 heterocycles. The van der Waals surface area contributed by atoms with Crippen LogP contribution in [-0.2, 0) is 16.0 Å². The first kappa shape index (κ1) is 23.5.